The number of hydrogen-bond donors (Lipinski definition) is 3. The van der Waals surface area contributed by atoms with Crippen molar-refractivity contribution in [2.75, 3.05) is 19.6 Å². The van der Waals surface area contributed by atoms with Gasteiger partial charge >= 0.3 is 0 Å². The molecule has 0 aromatic heterocycles. The van der Waals surface area contributed by atoms with Gasteiger partial charge in [0.15, 0.2) is 0 Å². The lowest BCUT2D eigenvalue weighted by Crippen LogP contribution is -2.40. The van der Waals surface area contributed by atoms with Crippen molar-refractivity contribution in [3.63, 3.8) is 0 Å². The normalized spacial score (nSPS) is 19.4. The van der Waals surface area contributed by atoms with Crippen LogP contribution in [0.25, 0.3) is 0 Å². The lowest BCUT2D eigenvalue weighted by atomic mass is 9.94. The Hall–Kier alpha value is -1.75. The second-order valence-corrected chi connectivity index (χ2v) is 5.07. The molecule has 1 unspecified atom stereocenters. The molecule has 0 spiro atoms. The third-order valence-electron chi connectivity index (χ3n) is 3.53. The Bertz CT molecular complexity index is 440. The number of carbonyl (C=O) groups excluding carboxylic acids is 1. The van der Waals surface area contributed by atoms with Gasteiger partial charge in [-0.1, -0.05) is 0 Å². The van der Waals surface area contributed by atoms with Crippen LogP contribution in [0.5, 0.6) is 11.5 Å². The summed E-state index contributed by atoms with van der Waals surface area (Å²) in [5, 5.41) is 18.9. The molecular formula is C14H20N2O3. The van der Waals surface area contributed by atoms with Crippen LogP contribution in [0.15, 0.2) is 18.2 Å². The Kier molecular flexibility index (Phi) is 4.27. The highest BCUT2D eigenvalue weighted by Gasteiger charge is 2.24. The van der Waals surface area contributed by atoms with Crippen LogP contribution in [0.1, 0.15) is 29.6 Å². The van der Waals surface area contributed by atoms with Gasteiger partial charge in [-0.3, -0.25) is 4.79 Å². The summed E-state index contributed by atoms with van der Waals surface area (Å²) in [6.45, 7) is 2.06. The van der Waals surface area contributed by atoms with E-state index in [0.29, 0.717) is 24.6 Å². The number of rotatable bonds is 3. The molecule has 1 aromatic carbocycles. The minimum absolute atomic E-state index is 0.0983. The Morgan fingerprint density at radius 3 is 2.63 bits per heavy atom. The van der Waals surface area contributed by atoms with Crippen molar-refractivity contribution < 1.29 is 15.0 Å². The zero-order valence-corrected chi connectivity index (χ0v) is 10.9. The number of nitrogens with zero attached hydrogens (tertiary/aromatic N) is 1. The first kappa shape index (κ1) is 13.7. The first-order valence-electron chi connectivity index (χ1n) is 6.62. The predicted octanol–water partition coefficient (Wildman–Crippen LogP) is 1.30. The fourth-order valence-electron chi connectivity index (χ4n) is 2.62. The van der Waals surface area contributed by atoms with Crippen LogP contribution in [0.2, 0.25) is 0 Å². The standard InChI is InChI=1S/C14H20N2O3/c15-4-3-10-2-1-5-16(9-10)14(19)11-6-12(17)8-13(18)7-11/h6-8,10,17-18H,1-5,9,15H2. The number of piperidine rings is 1. The number of likely N-dealkylation sites (tertiary alicyclic amines) is 1. The summed E-state index contributed by atoms with van der Waals surface area (Å²) in [6, 6.07) is 3.98. The number of carbonyl (C=O) groups is 1. The van der Waals surface area contributed by atoms with E-state index in [4.69, 9.17) is 5.73 Å². The topological polar surface area (TPSA) is 86.8 Å². The number of hydrogen-bond acceptors (Lipinski definition) is 4. The van der Waals surface area contributed by atoms with Gasteiger partial charge in [0.1, 0.15) is 11.5 Å². The maximum atomic E-state index is 12.3. The molecule has 0 saturated carbocycles. The van der Waals surface area contributed by atoms with Crippen LogP contribution in [0, 0.1) is 5.92 Å². The van der Waals surface area contributed by atoms with Crippen LogP contribution in [0.4, 0.5) is 0 Å². The lowest BCUT2D eigenvalue weighted by Gasteiger charge is -2.32. The van der Waals surface area contributed by atoms with Crippen LogP contribution in [-0.2, 0) is 0 Å². The van der Waals surface area contributed by atoms with Gasteiger partial charge in [-0.2, -0.15) is 0 Å². The number of phenols is 2. The monoisotopic (exact) mass is 264 g/mol. The summed E-state index contributed by atoms with van der Waals surface area (Å²) in [5.74, 6) is 0.110. The van der Waals surface area contributed by atoms with E-state index >= 15 is 0 Å². The average Bonchev–Trinajstić information content (AvgIpc) is 2.37. The fraction of sp³-hybridized carbons (Fsp3) is 0.500. The molecule has 1 aliphatic rings. The Labute approximate surface area is 112 Å². The highest BCUT2D eigenvalue weighted by Crippen LogP contribution is 2.24. The molecule has 0 radical (unpaired) electrons. The molecular weight excluding hydrogens is 244 g/mol. The molecule has 5 nitrogen and oxygen atoms in total. The zero-order valence-electron chi connectivity index (χ0n) is 10.9. The number of amides is 1. The minimum Gasteiger partial charge on any atom is -0.508 e. The summed E-state index contributed by atoms with van der Waals surface area (Å²) >= 11 is 0. The highest BCUT2D eigenvalue weighted by atomic mass is 16.3. The zero-order chi connectivity index (χ0) is 13.8. The second kappa shape index (κ2) is 5.93. The first-order chi connectivity index (χ1) is 9.10. The van der Waals surface area contributed by atoms with Gasteiger partial charge < -0.3 is 20.8 Å². The molecule has 1 amide bonds. The third-order valence-corrected chi connectivity index (χ3v) is 3.53. The lowest BCUT2D eigenvalue weighted by molar-refractivity contribution is 0.0668. The van der Waals surface area contributed by atoms with Gasteiger partial charge in [0.05, 0.1) is 0 Å². The Balaban J connectivity index is 2.10. The van der Waals surface area contributed by atoms with Gasteiger partial charge in [0, 0.05) is 24.7 Å². The minimum atomic E-state index is -0.145. The first-order valence-corrected chi connectivity index (χ1v) is 6.62. The molecule has 1 aromatic rings. The second-order valence-electron chi connectivity index (χ2n) is 5.07. The highest BCUT2D eigenvalue weighted by molar-refractivity contribution is 5.95. The van der Waals surface area contributed by atoms with Crippen LogP contribution in [0.3, 0.4) is 0 Å². The molecule has 0 aliphatic carbocycles. The van der Waals surface area contributed by atoms with Crippen molar-refractivity contribution in [2.24, 2.45) is 11.7 Å². The number of benzene rings is 1. The van der Waals surface area contributed by atoms with E-state index in [1.54, 1.807) is 4.90 Å². The largest absolute Gasteiger partial charge is 0.508 e. The van der Waals surface area contributed by atoms with Gasteiger partial charge in [0.25, 0.3) is 5.91 Å². The summed E-state index contributed by atoms with van der Waals surface area (Å²) in [6.07, 6.45) is 3.00. The Morgan fingerprint density at radius 2 is 2.00 bits per heavy atom. The van der Waals surface area contributed by atoms with Gasteiger partial charge in [-0.15, -0.1) is 0 Å². The van der Waals surface area contributed by atoms with E-state index in [2.05, 4.69) is 0 Å². The van der Waals surface area contributed by atoms with Crippen molar-refractivity contribution in [2.45, 2.75) is 19.3 Å². The summed E-state index contributed by atoms with van der Waals surface area (Å²) < 4.78 is 0. The molecule has 19 heavy (non-hydrogen) atoms. The van der Waals surface area contributed by atoms with Crippen molar-refractivity contribution in [3.05, 3.63) is 23.8 Å². The maximum absolute atomic E-state index is 12.3. The van der Waals surface area contributed by atoms with Crippen molar-refractivity contribution in [3.8, 4) is 11.5 Å². The van der Waals surface area contributed by atoms with E-state index < -0.39 is 0 Å². The predicted molar refractivity (Wildman–Crippen MR) is 72.1 cm³/mol. The molecule has 1 aliphatic heterocycles. The van der Waals surface area contributed by atoms with Crippen molar-refractivity contribution >= 4 is 5.91 Å². The van der Waals surface area contributed by atoms with Crippen LogP contribution in [-0.4, -0.2) is 40.7 Å². The average molecular weight is 264 g/mol. The number of aromatic hydroxyl groups is 2. The summed E-state index contributed by atoms with van der Waals surface area (Å²) in [4.78, 5) is 14.1. The molecule has 0 bridgehead atoms. The van der Waals surface area contributed by atoms with Crippen molar-refractivity contribution in [1.82, 2.24) is 4.90 Å². The van der Waals surface area contributed by atoms with Gasteiger partial charge in [0.2, 0.25) is 0 Å². The molecule has 1 atom stereocenters. The molecule has 1 saturated heterocycles. The molecule has 1 heterocycles. The fourth-order valence-corrected chi connectivity index (χ4v) is 2.62. The summed E-state index contributed by atoms with van der Waals surface area (Å²) in [7, 11) is 0. The summed E-state index contributed by atoms with van der Waals surface area (Å²) in [5.41, 5.74) is 5.89. The van der Waals surface area contributed by atoms with E-state index in [-0.39, 0.29) is 17.4 Å². The smallest absolute Gasteiger partial charge is 0.254 e. The molecule has 2 rings (SSSR count). The molecule has 5 heteroatoms. The number of phenolic OH excluding ortho intramolecular Hbond substituents is 2. The van der Waals surface area contributed by atoms with Crippen LogP contribution >= 0.6 is 0 Å². The van der Waals surface area contributed by atoms with E-state index in [9.17, 15) is 15.0 Å². The van der Waals surface area contributed by atoms with Crippen LogP contribution < -0.4 is 5.73 Å². The van der Waals surface area contributed by atoms with Gasteiger partial charge in [-0.05, 0) is 43.9 Å². The molecule has 4 N–H and O–H groups in total. The van der Waals surface area contributed by atoms with E-state index in [1.165, 1.54) is 18.2 Å². The van der Waals surface area contributed by atoms with E-state index in [1.807, 2.05) is 0 Å². The number of nitrogens with two attached hydrogens (primary N) is 1. The van der Waals surface area contributed by atoms with E-state index in [0.717, 1.165) is 25.8 Å². The SMILES string of the molecule is NCCC1CCCN(C(=O)c2cc(O)cc(O)c2)C1. The quantitative estimate of drug-likeness (QED) is 0.768. The molecule has 1 fully saturated rings. The Morgan fingerprint density at radius 1 is 1.32 bits per heavy atom. The van der Waals surface area contributed by atoms with Crippen molar-refractivity contribution in [1.29, 1.82) is 0 Å². The maximum Gasteiger partial charge on any atom is 0.254 e. The third kappa shape index (κ3) is 3.38. The molecule has 104 valence electrons. The van der Waals surface area contributed by atoms with Gasteiger partial charge in [-0.25, -0.2) is 0 Å².